The van der Waals surface area contributed by atoms with E-state index in [1.807, 2.05) is 60.5 Å². The van der Waals surface area contributed by atoms with Crippen LogP contribution in [-0.4, -0.2) is 42.9 Å². The van der Waals surface area contributed by atoms with E-state index in [4.69, 9.17) is 4.42 Å². The van der Waals surface area contributed by atoms with Gasteiger partial charge in [0, 0.05) is 30.2 Å². The lowest BCUT2D eigenvalue weighted by Gasteiger charge is -2.31. The van der Waals surface area contributed by atoms with Gasteiger partial charge in [0.2, 0.25) is 5.91 Å². The molecule has 1 aliphatic rings. The molecule has 1 aromatic heterocycles. The number of amides is 2. The Kier molecular flexibility index (Phi) is 5.62. The van der Waals surface area contributed by atoms with Crippen LogP contribution in [0.3, 0.4) is 0 Å². The highest BCUT2D eigenvalue weighted by Crippen LogP contribution is 2.20. The highest BCUT2D eigenvalue weighted by Gasteiger charge is 2.21. The Bertz CT molecular complexity index is 969. The number of rotatable bonds is 5. The first-order valence-electron chi connectivity index (χ1n) is 9.96. The average molecular weight is 391 g/mol. The highest BCUT2D eigenvalue weighted by atomic mass is 16.3. The first kappa shape index (κ1) is 19.2. The zero-order valence-corrected chi connectivity index (χ0v) is 16.5. The topological polar surface area (TPSA) is 74.6 Å². The maximum absolute atomic E-state index is 12.5. The number of likely N-dealkylation sites (tertiary alicyclic amines) is 1. The third-order valence-corrected chi connectivity index (χ3v) is 5.47. The van der Waals surface area contributed by atoms with Gasteiger partial charge in [0.25, 0.3) is 5.91 Å². The van der Waals surface area contributed by atoms with Crippen LogP contribution in [0.2, 0.25) is 0 Å². The summed E-state index contributed by atoms with van der Waals surface area (Å²) in [4.78, 5) is 26.9. The van der Waals surface area contributed by atoms with Crippen molar-refractivity contribution in [2.24, 2.45) is 0 Å². The van der Waals surface area contributed by atoms with Gasteiger partial charge in [0.1, 0.15) is 5.58 Å². The second-order valence-electron chi connectivity index (χ2n) is 7.42. The number of hydrogen-bond donors (Lipinski definition) is 2. The van der Waals surface area contributed by atoms with Crippen LogP contribution in [0.4, 0.5) is 5.69 Å². The number of piperidine rings is 1. The van der Waals surface area contributed by atoms with Gasteiger partial charge < -0.3 is 20.0 Å². The molecule has 1 aliphatic heterocycles. The lowest BCUT2D eigenvalue weighted by atomic mass is 10.0. The van der Waals surface area contributed by atoms with Gasteiger partial charge in [0.05, 0.1) is 6.42 Å². The Labute approximate surface area is 169 Å². The van der Waals surface area contributed by atoms with E-state index < -0.39 is 0 Å². The first-order chi connectivity index (χ1) is 14.1. The number of fused-ring (bicyclic) bond motifs is 1. The SMILES string of the molecule is CNC1CCN(C(=O)Cc2ccc(NC(=O)c3cc4ccccc4o3)cc2)CC1. The van der Waals surface area contributed by atoms with E-state index >= 15 is 0 Å². The minimum atomic E-state index is -0.294. The molecule has 6 heteroatoms. The van der Waals surface area contributed by atoms with Crippen molar-refractivity contribution in [3.05, 3.63) is 65.9 Å². The Morgan fingerprint density at radius 1 is 1.07 bits per heavy atom. The molecule has 6 nitrogen and oxygen atoms in total. The summed E-state index contributed by atoms with van der Waals surface area (Å²) >= 11 is 0. The first-order valence-corrected chi connectivity index (χ1v) is 9.96. The van der Waals surface area contributed by atoms with Gasteiger partial charge in [0.15, 0.2) is 5.76 Å². The van der Waals surface area contributed by atoms with Gasteiger partial charge in [-0.05, 0) is 49.7 Å². The number of carbonyl (C=O) groups is 2. The standard InChI is InChI=1S/C23H25N3O3/c1-24-18-10-12-26(13-11-18)22(27)14-16-6-8-19(9-7-16)25-23(28)21-15-17-4-2-3-5-20(17)29-21/h2-9,15,18,24H,10-14H2,1H3,(H,25,28). The van der Waals surface area contributed by atoms with E-state index in [0.29, 0.717) is 23.7 Å². The molecule has 3 aromatic rings. The van der Waals surface area contributed by atoms with Gasteiger partial charge in [-0.25, -0.2) is 0 Å². The van der Waals surface area contributed by atoms with Crippen LogP contribution in [0.1, 0.15) is 29.0 Å². The van der Waals surface area contributed by atoms with Crippen molar-refractivity contribution >= 4 is 28.5 Å². The molecular weight excluding hydrogens is 366 g/mol. The van der Waals surface area contributed by atoms with Gasteiger partial charge in [-0.15, -0.1) is 0 Å². The minimum absolute atomic E-state index is 0.151. The van der Waals surface area contributed by atoms with Gasteiger partial charge in [-0.3, -0.25) is 9.59 Å². The summed E-state index contributed by atoms with van der Waals surface area (Å²) in [7, 11) is 1.97. The summed E-state index contributed by atoms with van der Waals surface area (Å²) in [5, 5.41) is 7.01. The number of nitrogens with zero attached hydrogens (tertiary/aromatic N) is 1. The lowest BCUT2D eigenvalue weighted by molar-refractivity contribution is -0.131. The molecule has 1 saturated heterocycles. The number of nitrogens with one attached hydrogen (secondary N) is 2. The van der Waals surface area contributed by atoms with Crippen molar-refractivity contribution < 1.29 is 14.0 Å². The van der Waals surface area contributed by atoms with Gasteiger partial charge in [-0.1, -0.05) is 30.3 Å². The molecule has 1 fully saturated rings. The number of hydrogen-bond acceptors (Lipinski definition) is 4. The molecule has 0 atom stereocenters. The zero-order chi connectivity index (χ0) is 20.2. The fourth-order valence-electron chi connectivity index (χ4n) is 3.70. The van der Waals surface area contributed by atoms with Gasteiger partial charge in [-0.2, -0.15) is 0 Å². The molecule has 0 spiro atoms. The van der Waals surface area contributed by atoms with Crippen molar-refractivity contribution in [3.63, 3.8) is 0 Å². The molecular formula is C23H25N3O3. The number of para-hydroxylation sites is 1. The van der Waals surface area contributed by atoms with E-state index in [2.05, 4.69) is 10.6 Å². The van der Waals surface area contributed by atoms with E-state index in [1.165, 1.54) is 0 Å². The predicted octanol–water partition coefficient (Wildman–Crippen LogP) is 3.44. The van der Waals surface area contributed by atoms with Crippen molar-refractivity contribution in [1.82, 2.24) is 10.2 Å². The normalized spacial score (nSPS) is 14.9. The van der Waals surface area contributed by atoms with Crippen LogP contribution in [0.25, 0.3) is 11.0 Å². The van der Waals surface area contributed by atoms with Crippen LogP contribution in [0, 0.1) is 0 Å². The van der Waals surface area contributed by atoms with Crippen LogP contribution in [0.15, 0.2) is 59.0 Å². The fourth-order valence-corrected chi connectivity index (χ4v) is 3.70. The molecule has 29 heavy (non-hydrogen) atoms. The molecule has 0 aliphatic carbocycles. The van der Waals surface area contributed by atoms with Crippen molar-refractivity contribution in [3.8, 4) is 0 Å². The van der Waals surface area contributed by atoms with Crippen molar-refractivity contribution in [2.45, 2.75) is 25.3 Å². The summed E-state index contributed by atoms with van der Waals surface area (Å²) in [6.45, 7) is 1.60. The molecule has 0 radical (unpaired) electrons. The maximum atomic E-state index is 12.5. The number of furan rings is 1. The van der Waals surface area contributed by atoms with Crippen molar-refractivity contribution in [1.29, 1.82) is 0 Å². The number of benzene rings is 2. The van der Waals surface area contributed by atoms with Crippen molar-refractivity contribution in [2.75, 3.05) is 25.5 Å². The van der Waals surface area contributed by atoms with Crippen LogP contribution < -0.4 is 10.6 Å². The lowest BCUT2D eigenvalue weighted by Crippen LogP contribution is -2.44. The molecule has 2 heterocycles. The third-order valence-electron chi connectivity index (χ3n) is 5.47. The molecule has 2 N–H and O–H groups in total. The maximum Gasteiger partial charge on any atom is 0.291 e. The van der Waals surface area contributed by atoms with Gasteiger partial charge >= 0.3 is 0 Å². The molecule has 0 saturated carbocycles. The second-order valence-corrected chi connectivity index (χ2v) is 7.42. The average Bonchev–Trinajstić information content (AvgIpc) is 3.20. The molecule has 2 amide bonds. The summed E-state index contributed by atoms with van der Waals surface area (Å²) in [5.41, 5.74) is 2.29. The number of anilines is 1. The van der Waals surface area contributed by atoms with E-state index in [9.17, 15) is 9.59 Å². The van der Waals surface area contributed by atoms with E-state index in [0.717, 1.165) is 36.9 Å². The molecule has 0 bridgehead atoms. The molecule has 2 aromatic carbocycles. The van der Waals surface area contributed by atoms with E-state index in [-0.39, 0.29) is 17.6 Å². The molecule has 4 rings (SSSR count). The Hall–Kier alpha value is -3.12. The summed E-state index contributed by atoms with van der Waals surface area (Å²) in [6, 6.07) is 17.1. The molecule has 0 unspecified atom stereocenters. The summed E-state index contributed by atoms with van der Waals surface area (Å²) < 4.78 is 5.59. The smallest absolute Gasteiger partial charge is 0.291 e. The Balaban J connectivity index is 1.34. The zero-order valence-electron chi connectivity index (χ0n) is 16.5. The Morgan fingerprint density at radius 3 is 2.48 bits per heavy atom. The fraction of sp³-hybridized carbons (Fsp3) is 0.304. The monoisotopic (exact) mass is 391 g/mol. The van der Waals surface area contributed by atoms with Crippen LogP contribution >= 0.6 is 0 Å². The van der Waals surface area contributed by atoms with Crippen LogP contribution in [-0.2, 0) is 11.2 Å². The predicted molar refractivity (Wildman–Crippen MR) is 113 cm³/mol. The Morgan fingerprint density at radius 2 is 1.79 bits per heavy atom. The quantitative estimate of drug-likeness (QED) is 0.699. The highest BCUT2D eigenvalue weighted by molar-refractivity contribution is 6.04. The summed E-state index contributed by atoms with van der Waals surface area (Å²) in [6.07, 6.45) is 2.37. The van der Waals surface area contributed by atoms with E-state index in [1.54, 1.807) is 6.07 Å². The number of carbonyl (C=O) groups excluding carboxylic acids is 2. The third kappa shape index (κ3) is 4.49. The molecule has 150 valence electrons. The summed E-state index contributed by atoms with van der Waals surface area (Å²) in [5.74, 6) is 0.131. The van der Waals surface area contributed by atoms with Crippen LogP contribution in [0.5, 0.6) is 0 Å². The minimum Gasteiger partial charge on any atom is -0.451 e. The second kappa shape index (κ2) is 8.49. The largest absolute Gasteiger partial charge is 0.451 e.